The van der Waals surface area contributed by atoms with E-state index in [2.05, 4.69) is 17.2 Å². The van der Waals surface area contributed by atoms with Gasteiger partial charge < -0.3 is 16.2 Å². The standard InChI is InChI=1S/C14H23N3O3S/c1-2-10(5-7-15)3-4-12(18)16-8-6-13-17-11(9-21-13)14(19)20/h9-10H,2-8,15H2,1H3,(H,16,18)(H,19,20). The molecule has 0 aliphatic heterocycles. The number of nitrogens with zero attached hydrogens (tertiary/aromatic N) is 1. The van der Waals surface area contributed by atoms with E-state index in [0.717, 1.165) is 24.3 Å². The summed E-state index contributed by atoms with van der Waals surface area (Å²) in [6, 6.07) is 0. The van der Waals surface area contributed by atoms with Crippen molar-refractivity contribution in [2.75, 3.05) is 13.1 Å². The maximum absolute atomic E-state index is 11.7. The quantitative estimate of drug-likeness (QED) is 0.609. The van der Waals surface area contributed by atoms with E-state index in [9.17, 15) is 9.59 Å². The number of nitrogens with two attached hydrogens (primary N) is 1. The highest BCUT2D eigenvalue weighted by atomic mass is 32.1. The topological polar surface area (TPSA) is 105 Å². The molecular formula is C14H23N3O3S. The molecule has 1 unspecified atom stereocenters. The fraction of sp³-hybridized carbons (Fsp3) is 0.643. The molecule has 1 aromatic heterocycles. The van der Waals surface area contributed by atoms with Crippen LogP contribution in [0.15, 0.2) is 5.38 Å². The van der Waals surface area contributed by atoms with Crippen molar-refractivity contribution in [2.24, 2.45) is 11.7 Å². The van der Waals surface area contributed by atoms with Gasteiger partial charge >= 0.3 is 5.97 Å². The average Bonchev–Trinajstić information content (AvgIpc) is 2.92. The first-order valence-corrected chi connectivity index (χ1v) is 8.09. The van der Waals surface area contributed by atoms with Crippen LogP contribution in [-0.4, -0.2) is 35.1 Å². The number of carbonyl (C=O) groups is 2. The number of thiazole rings is 1. The summed E-state index contributed by atoms with van der Waals surface area (Å²) in [4.78, 5) is 26.4. The van der Waals surface area contributed by atoms with E-state index in [4.69, 9.17) is 10.8 Å². The summed E-state index contributed by atoms with van der Waals surface area (Å²) in [5, 5.41) is 13.8. The minimum atomic E-state index is -1.02. The van der Waals surface area contributed by atoms with E-state index in [0.29, 0.717) is 31.8 Å². The van der Waals surface area contributed by atoms with Gasteiger partial charge in [0.25, 0.3) is 0 Å². The first kappa shape index (κ1) is 17.6. The number of hydrogen-bond acceptors (Lipinski definition) is 5. The van der Waals surface area contributed by atoms with Crippen molar-refractivity contribution in [1.82, 2.24) is 10.3 Å². The van der Waals surface area contributed by atoms with Crippen molar-refractivity contribution in [3.05, 3.63) is 16.1 Å². The molecule has 1 atom stereocenters. The zero-order valence-corrected chi connectivity index (χ0v) is 13.1. The zero-order valence-electron chi connectivity index (χ0n) is 12.3. The third kappa shape index (κ3) is 6.68. The van der Waals surface area contributed by atoms with Crippen molar-refractivity contribution in [2.45, 2.75) is 39.0 Å². The molecule has 7 heteroatoms. The van der Waals surface area contributed by atoms with Gasteiger partial charge in [-0.15, -0.1) is 11.3 Å². The van der Waals surface area contributed by atoms with Crippen molar-refractivity contribution in [1.29, 1.82) is 0 Å². The fourth-order valence-electron chi connectivity index (χ4n) is 2.04. The van der Waals surface area contributed by atoms with E-state index in [1.165, 1.54) is 16.7 Å². The summed E-state index contributed by atoms with van der Waals surface area (Å²) in [6.07, 6.45) is 3.93. The second-order valence-corrected chi connectivity index (χ2v) is 5.86. The highest BCUT2D eigenvalue weighted by molar-refractivity contribution is 7.09. The van der Waals surface area contributed by atoms with Gasteiger partial charge in [-0.1, -0.05) is 13.3 Å². The molecule has 0 aliphatic carbocycles. The van der Waals surface area contributed by atoms with Gasteiger partial charge in [0.15, 0.2) is 5.69 Å². The van der Waals surface area contributed by atoms with E-state index in [1.54, 1.807) is 0 Å². The number of nitrogens with one attached hydrogen (secondary N) is 1. The van der Waals surface area contributed by atoms with Crippen molar-refractivity contribution < 1.29 is 14.7 Å². The highest BCUT2D eigenvalue weighted by Crippen LogP contribution is 2.14. The number of carboxylic acids is 1. The third-order valence-corrected chi connectivity index (χ3v) is 4.27. The van der Waals surface area contributed by atoms with Gasteiger partial charge in [0.2, 0.25) is 5.91 Å². The molecule has 6 nitrogen and oxygen atoms in total. The number of aromatic nitrogens is 1. The normalized spacial score (nSPS) is 12.1. The minimum Gasteiger partial charge on any atom is -0.476 e. The fourth-order valence-corrected chi connectivity index (χ4v) is 2.82. The number of amides is 1. The summed E-state index contributed by atoms with van der Waals surface area (Å²) in [6.45, 7) is 3.26. The van der Waals surface area contributed by atoms with E-state index < -0.39 is 5.97 Å². The maximum Gasteiger partial charge on any atom is 0.355 e. The van der Waals surface area contributed by atoms with Gasteiger partial charge in [-0.25, -0.2) is 9.78 Å². The van der Waals surface area contributed by atoms with Gasteiger partial charge in [-0.2, -0.15) is 0 Å². The van der Waals surface area contributed by atoms with Crippen LogP contribution in [0.1, 0.15) is 48.1 Å². The molecule has 1 heterocycles. The Morgan fingerprint density at radius 1 is 1.48 bits per heavy atom. The largest absolute Gasteiger partial charge is 0.476 e. The summed E-state index contributed by atoms with van der Waals surface area (Å²) < 4.78 is 0. The Bertz CT molecular complexity index is 462. The molecule has 1 aromatic rings. The molecule has 1 amide bonds. The molecule has 0 aromatic carbocycles. The van der Waals surface area contributed by atoms with Crippen molar-refractivity contribution in [3.8, 4) is 0 Å². The summed E-state index contributed by atoms with van der Waals surface area (Å²) >= 11 is 1.30. The molecule has 21 heavy (non-hydrogen) atoms. The van der Waals surface area contributed by atoms with Crippen molar-refractivity contribution in [3.63, 3.8) is 0 Å². The molecule has 0 saturated heterocycles. The Balaban J connectivity index is 2.22. The lowest BCUT2D eigenvalue weighted by Gasteiger charge is -2.12. The SMILES string of the molecule is CCC(CCN)CCC(=O)NCCc1nc(C(=O)O)cs1. The third-order valence-electron chi connectivity index (χ3n) is 3.36. The van der Waals surface area contributed by atoms with Gasteiger partial charge in [0, 0.05) is 24.8 Å². The highest BCUT2D eigenvalue weighted by Gasteiger charge is 2.10. The Morgan fingerprint density at radius 3 is 2.81 bits per heavy atom. The van der Waals surface area contributed by atoms with Gasteiger partial charge in [0.1, 0.15) is 0 Å². The molecule has 0 radical (unpaired) electrons. The summed E-state index contributed by atoms with van der Waals surface area (Å²) in [5.41, 5.74) is 5.59. The smallest absolute Gasteiger partial charge is 0.355 e. The molecular weight excluding hydrogens is 290 g/mol. The van der Waals surface area contributed by atoms with Gasteiger partial charge in [-0.3, -0.25) is 4.79 Å². The van der Waals surface area contributed by atoms with Crippen molar-refractivity contribution >= 4 is 23.2 Å². The predicted octanol–water partition coefficient (Wildman–Crippen LogP) is 1.66. The van der Waals surface area contributed by atoms with E-state index in [-0.39, 0.29) is 11.6 Å². The Labute approximate surface area is 128 Å². The first-order chi connectivity index (χ1) is 10.1. The van der Waals surface area contributed by atoms with Gasteiger partial charge in [-0.05, 0) is 25.3 Å². The Hall–Kier alpha value is -1.47. The molecule has 0 saturated carbocycles. The van der Waals surface area contributed by atoms with E-state index in [1.807, 2.05) is 0 Å². The minimum absolute atomic E-state index is 0.0282. The number of aromatic carboxylic acids is 1. The molecule has 0 fully saturated rings. The van der Waals surface area contributed by atoms with Crippen LogP contribution in [-0.2, 0) is 11.2 Å². The van der Waals surface area contributed by atoms with Crippen LogP contribution >= 0.6 is 11.3 Å². The second kappa shape index (κ2) is 9.46. The van der Waals surface area contributed by atoms with Crippen LogP contribution < -0.4 is 11.1 Å². The Kier molecular flexibility index (Phi) is 7.92. The maximum atomic E-state index is 11.7. The monoisotopic (exact) mass is 313 g/mol. The predicted molar refractivity (Wildman–Crippen MR) is 82.5 cm³/mol. The number of carboxylic acid groups (broad SMARTS) is 1. The average molecular weight is 313 g/mol. The molecule has 118 valence electrons. The molecule has 0 bridgehead atoms. The molecule has 0 spiro atoms. The Morgan fingerprint density at radius 2 is 2.24 bits per heavy atom. The van der Waals surface area contributed by atoms with Crippen LogP contribution in [0.2, 0.25) is 0 Å². The zero-order chi connectivity index (χ0) is 15.7. The number of carbonyl (C=O) groups excluding carboxylic acids is 1. The molecule has 0 aliphatic rings. The molecule has 1 rings (SSSR count). The van der Waals surface area contributed by atoms with Crippen LogP contribution in [0, 0.1) is 5.92 Å². The lowest BCUT2D eigenvalue weighted by atomic mass is 9.96. The lowest BCUT2D eigenvalue weighted by molar-refractivity contribution is -0.121. The first-order valence-electron chi connectivity index (χ1n) is 7.21. The van der Waals surface area contributed by atoms with Crippen LogP contribution in [0.3, 0.4) is 0 Å². The number of hydrogen-bond donors (Lipinski definition) is 3. The van der Waals surface area contributed by atoms with Crippen LogP contribution in [0.5, 0.6) is 0 Å². The lowest BCUT2D eigenvalue weighted by Crippen LogP contribution is -2.26. The van der Waals surface area contributed by atoms with Crippen LogP contribution in [0.4, 0.5) is 0 Å². The molecule has 4 N–H and O–H groups in total. The number of rotatable bonds is 10. The summed E-state index contributed by atoms with van der Waals surface area (Å²) in [5.74, 6) is -0.481. The van der Waals surface area contributed by atoms with Crippen LogP contribution in [0.25, 0.3) is 0 Å². The summed E-state index contributed by atoms with van der Waals surface area (Å²) in [7, 11) is 0. The second-order valence-electron chi connectivity index (χ2n) is 4.92. The van der Waals surface area contributed by atoms with E-state index >= 15 is 0 Å². The van der Waals surface area contributed by atoms with Gasteiger partial charge in [0.05, 0.1) is 5.01 Å².